The van der Waals surface area contributed by atoms with Gasteiger partial charge in [0.1, 0.15) is 6.61 Å². The molecule has 0 spiro atoms. The fourth-order valence-electron chi connectivity index (χ4n) is 1.05. The molecule has 0 aliphatic carbocycles. The highest BCUT2D eigenvalue weighted by molar-refractivity contribution is 5.51. The summed E-state index contributed by atoms with van der Waals surface area (Å²) in [7, 11) is 1.58. The fourth-order valence-corrected chi connectivity index (χ4v) is 1.05. The Balaban J connectivity index is 2.25. The van der Waals surface area contributed by atoms with E-state index in [1.807, 2.05) is 12.1 Å². The molecule has 0 aromatic carbocycles. The highest BCUT2D eigenvalue weighted by Gasteiger charge is 2.07. The molecule has 0 fully saturated rings. The van der Waals surface area contributed by atoms with Gasteiger partial charge in [0.15, 0.2) is 0 Å². The van der Waals surface area contributed by atoms with Crippen LogP contribution in [0.15, 0.2) is 29.0 Å². The van der Waals surface area contributed by atoms with Gasteiger partial charge in [-0.15, -0.1) is 0 Å². The summed E-state index contributed by atoms with van der Waals surface area (Å²) in [5, 5.41) is 3.80. The second kappa shape index (κ2) is 3.97. The number of aromatic nitrogens is 3. The van der Waals surface area contributed by atoms with Crippen molar-refractivity contribution in [1.82, 2.24) is 15.1 Å². The largest absolute Gasteiger partial charge is 0.375 e. The van der Waals surface area contributed by atoms with Gasteiger partial charge in [-0.05, 0) is 12.1 Å². The molecule has 0 saturated heterocycles. The van der Waals surface area contributed by atoms with Crippen molar-refractivity contribution in [1.29, 1.82) is 0 Å². The van der Waals surface area contributed by atoms with Crippen LogP contribution in [0.2, 0.25) is 0 Å². The first-order valence-electron chi connectivity index (χ1n) is 4.12. The SMILES string of the molecule is COCc1nc(-c2cccnc2)no1. The minimum atomic E-state index is 0.327. The molecule has 0 aliphatic rings. The molecule has 0 N–H and O–H groups in total. The molecule has 0 aliphatic heterocycles. The summed E-state index contributed by atoms with van der Waals surface area (Å²) in [5.41, 5.74) is 0.832. The number of rotatable bonds is 3. The maximum atomic E-state index is 4.95. The molecule has 5 heteroatoms. The lowest BCUT2D eigenvalue weighted by Gasteiger charge is -1.90. The third kappa shape index (κ3) is 1.77. The van der Waals surface area contributed by atoms with E-state index in [1.165, 1.54) is 0 Å². The van der Waals surface area contributed by atoms with Gasteiger partial charge in [-0.1, -0.05) is 5.16 Å². The predicted octanol–water partition coefficient (Wildman–Crippen LogP) is 1.28. The van der Waals surface area contributed by atoms with E-state index in [1.54, 1.807) is 19.5 Å². The number of hydrogen-bond donors (Lipinski definition) is 0. The molecule has 0 amide bonds. The Bertz CT molecular complexity index is 399. The van der Waals surface area contributed by atoms with Gasteiger partial charge >= 0.3 is 0 Å². The van der Waals surface area contributed by atoms with E-state index in [9.17, 15) is 0 Å². The Morgan fingerprint density at radius 1 is 1.50 bits per heavy atom. The molecule has 2 aromatic heterocycles. The zero-order valence-corrected chi connectivity index (χ0v) is 7.67. The zero-order valence-electron chi connectivity index (χ0n) is 7.67. The van der Waals surface area contributed by atoms with Crippen LogP contribution >= 0.6 is 0 Å². The summed E-state index contributed by atoms with van der Waals surface area (Å²) in [4.78, 5) is 8.09. The van der Waals surface area contributed by atoms with Crippen LogP contribution in [0.1, 0.15) is 5.89 Å². The first-order valence-corrected chi connectivity index (χ1v) is 4.12. The molecular formula is C9H9N3O2. The first-order chi connectivity index (χ1) is 6.90. The molecule has 0 saturated carbocycles. The average molecular weight is 191 g/mol. The zero-order chi connectivity index (χ0) is 9.80. The fraction of sp³-hybridized carbons (Fsp3) is 0.222. The van der Waals surface area contributed by atoms with Gasteiger partial charge in [0.05, 0.1) is 0 Å². The summed E-state index contributed by atoms with van der Waals surface area (Å²) in [6, 6.07) is 3.69. The maximum Gasteiger partial charge on any atom is 0.252 e. The van der Waals surface area contributed by atoms with Crippen LogP contribution in [0, 0.1) is 0 Å². The Labute approximate surface area is 80.7 Å². The smallest absolute Gasteiger partial charge is 0.252 e. The molecule has 5 nitrogen and oxygen atoms in total. The molecule has 0 unspecified atom stereocenters. The molecule has 14 heavy (non-hydrogen) atoms. The summed E-state index contributed by atoms with van der Waals surface area (Å²) in [5.74, 6) is 0.997. The standard InChI is InChI=1S/C9H9N3O2/c1-13-6-8-11-9(12-14-8)7-3-2-4-10-5-7/h2-5H,6H2,1H3. The van der Waals surface area contributed by atoms with E-state index >= 15 is 0 Å². The Morgan fingerprint density at radius 2 is 2.43 bits per heavy atom. The van der Waals surface area contributed by atoms with Crippen LogP contribution in [0.25, 0.3) is 11.4 Å². The molecule has 0 bridgehead atoms. The Hall–Kier alpha value is -1.75. The minimum absolute atomic E-state index is 0.327. The van der Waals surface area contributed by atoms with Gasteiger partial charge in [-0.25, -0.2) is 0 Å². The molecule has 2 aromatic rings. The van der Waals surface area contributed by atoms with Crippen molar-refractivity contribution in [3.05, 3.63) is 30.4 Å². The average Bonchev–Trinajstić information content (AvgIpc) is 2.68. The van der Waals surface area contributed by atoms with Gasteiger partial charge in [-0.2, -0.15) is 4.98 Å². The number of methoxy groups -OCH3 is 1. The minimum Gasteiger partial charge on any atom is -0.375 e. The van der Waals surface area contributed by atoms with Gasteiger partial charge in [0.25, 0.3) is 5.89 Å². The number of nitrogens with zero attached hydrogens (tertiary/aromatic N) is 3. The molecule has 0 atom stereocenters. The molecule has 2 heterocycles. The number of pyridine rings is 1. The van der Waals surface area contributed by atoms with Gasteiger partial charge in [0, 0.05) is 25.1 Å². The van der Waals surface area contributed by atoms with E-state index in [0.717, 1.165) is 5.56 Å². The monoisotopic (exact) mass is 191 g/mol. The van der Waals surface area contributed by atoms with E-state index < -0.39 is 0 Å². The second-order valence-electron chi connectivity index (χ2n) is 2.69. The summed E-state index contributed by atoms with van der Waals surface area (Å²) < 4.78 is 9.81. The lowest BCUT2D eigenvalue weighted by Crippen LogP contribution is -1.87. The van der Waals surface area contributed by atoms with Crippen molar-refractivity contribution in [2.75, 3.05) is 7.11 Å². The highest BCUT2D eigenvalue weighted by Crippen LogP contribution is 2.13. The van der Waals surface area contributed by atoms with Gasteiger partial charge in [-0.3, -0.25) is 4.98 Å². The summed E-state index contributed by atoms with van der Waals surface area (Å²) in [6.45, 7) is 0.327. The van der Waals surface area contributed by atoms with Crippen LogP contribution in [0.5, 0.6) is 0 Å². The molecule has 2 rings (SSSR count). The third-order valence-electron chi connectivity index (χ3n) is 1.66. The van der Waals surface area contributed by atoms with Crippen LogP contribution in [-0.2, 0) is 11.3 Å². The van der Waals surface area contributed by atoms with Crippen LogP contribution in [0.3, 0.4) is 0 Å². The van der Waals surface area contributed by atoms with Crippen molar-refractivity contribution in [2.24, 2.45) is 0 Å². The van der Waals surface area contributed by atoms with E-state index in [-0.39, 0.29) is 0 Å². The van der Waals surface area contributed by atoms with E-state index in [4.69, 9.17) is 9.26 Å². The number of hydrogen-bond acceptors (Lipinski definition) is 5. The van der Waals surface area contributed by atoms with Crippen molar-refractivity contribution in [3.63, 3.8) is 0 Å². The summed E-state index contributed by atoms with van der Waals surface area (Å²) in [6.07, 6.45) is 3.38. The normalized spacial score (nSPS) is 10.4. The first kappa shape index (κ1) is 8.83. The summed E-state index contributed by atoms with van der Waals surface area (Å²) >= 11 is 0. The van der Waals surface area contributed by atoms with Gasteiger partial charge in [0.2, 0.25) is 5.82 Å². The highest BCUT2D eigenvalue weighted by atomic mass is 16.5. The quantitative estimate of drug-likeness (QED) is 0.731. The lowest BCUT2D eigenvalue weighted by molar-refractivity contribution is 0.151. The Morgan fingerprint density at radius 3 is 3.14 bits per heavy atom. The van der Waals surface area contributed by atoms with Crippen molar-refractivity contribution in [2.45, 2.75) is 6.61 Å². The molecular weight excluding hydrogens is 182 g/mol. The van der Waals surface area contributed by atoms with Crippen LogP contribution < -0.4 is 0 Å². The van der Waals surface area contributed by atoms with Crippen LogP contribution in [-0.4, -0.2) is 22.2 Å². The molecule has 72 valence electrons. The van der Waals surface area contributed by atoms with E-state index in [2.05, 4.69) is 15.1 Å². The second-order valence-corrected chi connectivity index (χ2v) is 2.69. The van der Waals surface area contributed by atoms with Crippen molar-refractivity contribution < 1.29 is 9.26 Å². The van der Waals surface area contributed by atoms with Crippen molar-refractivity contribution >= 4 is 0 Å². The van der Waals surface area contributed by atoms with E-state index in [0.29, 0.717) is 18.3 Å². The Kier molecular flexibility index (Phi) is 2.51. The third-order valence-corrected chi connectivity index (χ3v) is 1.66. The lowest BCUT2D eigenvalue weighted by atomic mass is 10.3. The number of ether oxygens (including phenoxy) is 1. The maximum absolute atomic E-state index is 4.95. The predicted molar refractivity (Wildman–Crippen MR) is 48.2 cm³/mol. The van der Waals surface area contributed by atoms with Gasteiger partial charge < -0.3 is 9.26 Å². The van der Waals surface area contributed by atoms with Crippen molar-refractivity contribution in [3.8, 4) is 11.4 Å². The topological polar surface area (TPSA) is 61.0 Å². The molecule has 0 radical (unpaired) electrons. The van der Waals surface area contributed by atoms with Crippen LogP contribution in [0.4, 0.5) is 0 Å².